The molecule has 182 valence electrons. The molecule has 0 saturated carbocycles. The van der Waals surface area contributed by atoms with Gasteiger partial charge in [-0.15, -0.1) is 0 Å². The summed E-state index contributed by atoms with van der Waals surface area (Å²) in [4.78, 5) is 21.5. The minimum absolute atomic E-state index is 0.176. The lowest BCUT2D eigenvalue weighted by Gasteiger charge is -2.10. The molecule has 10 nitrogen and oxygen atoms in total. The van der Waals surface area contributed by atoms with E-state index in [0.29, 0.717) is 45.7 Å². The maximum absolute atomic E-state index is 12.7. The van der Waals surface area contributed by atoms with E-state index in [1.54, 1.807) is 58.0 Å². The zero-order valence-corrected chi connectivity index (χ0v) is 20.3. The van der Waals surface area contributed by atoms with Crippen molar-refractivity contribution in [3.8, 4) is 23.0 Å². The van der Waals surface area contributed by atoms with Crippen LogP contribution in [0, 0.1) is 6.92 Å². The number of amides is 1. The van der Waals surface area contributed by atoms with Gasteiger partial charge in [0.15, 0.2) is 18.1 Å². The number of carbonyl (C=O) groups is 1. The number of aromatic nitrogens is 6. The van der Waals surface area contributed by atoms with Gasteiger partial charge in [0.1, 0.15) is 23.6 Å². The Hall–Kier alpha value is -4.44. The molecule has 0 aliphatic rings. The zero-order valence-electron chi connectivity index (χ0n) is 19.6. The standard InChI is InChI=1S/C25H22ClN7O3/c1-3-35-19-7-9-20(10-8-19)36-14-23(34)30-22-11-16(2)31-33(22)25-21-13-29-32(24(21)27-15-28-25)18-6-4-5-17(26)12-18/h4-13,15H,3,14H2,1-2H3,(H,30,34). The topological polar surface area (TPSA) is 109 Å². The summed E-state index contributed by atoms with van der Waals surface area (Å²) >= 11 is 6.15. The third-order valence-electron chi connectivity index (χ3n) is 5.20. The number of benzene rings is 2. The van der Waals surface area contributed by atoms with E-state index < -0.39 is 0 Å². The number of ether oxygens (including phenoxy) is 2. The Bertz CT molecular complexity index is 1530. The SMILES string of the molecule is CCOc1ccc(OCC(=O)Nc2cc(C)nn2-c2ncnc3c2cnn3-c2cccc(Cl)c2)cc1. The number of carbonyl (C=O) groups excluding carboxylic acids is 1. The molecule has 2 aromatic carbocycles. The molecule has 11 heteroatoms. The van der Waals surface area contributed by atoms with Gasteiger partial charge < -0.3 is 14.8 Å². The summed E-state index contributed by atoms with van der Waals surface area (Å²) in [6.45, 7) is 4.15. The Morgan fingerprint density at radius 1 is 1.03 bits per heavy atom. The first kappa shape index (κ1) is 23.3. The van der Waals surface area contributed by atoms with Gasteiger partial charge in [0.25, 0.3) is 5.91 Å². The van der Waals surface area contributed by atoms with Gasteiger partial charge in [-0.25, -0.2) is 14.6 Å². The lowest BCUT2D eigenvalue weighted by Crippen LogP contribution is -2.22. The van der Waals surface area contributed by atoms with Crippen LogP contribution in [0.15, 0.2) is 67.1 Å². The summed E-state index contributed by atoms with van der Waals surface area (Å²) in [5.74, 6) is 1.88. The normalized spacial score (nSPS) is 11.0. The second-order valence-corrected chi connectivity index (χ2v) is 8.23. The largest absolute Gasteiger partial charge is 0.494 e. The number of halogens is 1. The van der Waals surface area contributed by atoms with Crippen LogP contribution in [-0.4, -0.2) is 48.6 Å². The third-order valence-corrected chi connectivity index (χ3v) is 5.44. The predicted octanol–water partition coefficient (Wildman–Crippen LogP) is 4.38. The Balaban J connectivity index is 1.37. The first-order chi connectivity index (χ1) is 17.5. The minimum Gasteiger partial charge on any atom is -0.494 e. The number of anilines is 1. The van der Waals surface area contributed by atoms with E-state index in [4.69, 9.17) is 21.1 Å². The third kappa shape index (κ3) is 4.84. The number of fused-ring (bicyclic) bond motifs is 1. The van der Waals surface area contributed by atoms with Crippen LogP contribution < -0.4 is 14.8 Å². The highest BCUT2D eigenvalue weighted by atomic mass is 35.5. The van der Waals surface area contributed by atoms with Crippen LogP contribution in [0.3, 0.4) is 0 Å². The maximum Gasteiger partial charge on any atom is 0.263 e. The Morgan fingerprint density at radius 3 is 2.56 bits per heavy atom. The molecule has 0 saturated heterocycles. The van der Waals surface area contributed by atoms with E-state index in [-0.39, 0.29) is 12.5 Å². The van der Waals surface area contributed by atoms with Crippen LogP contribution in [0.5, 0.6) is 11.5 Å². The van der Waals surface area contributed by atoms with Gasteiger partial charge in [0.05, 0.1) is 29.6 Å². The smallest absolute Gasteiger partial charge is 0.263 e. The lowest BCUT2D eigenvalue weighted by molar-refractivity contribution is -0.118. The van der Waals surface area contributed by atoms with E-state index >= 15 is 0 Å². The van der Waals surface area contributed by atoms with Crippen molar-refractivity contribution in [2.45, 2.75) is 13.8 Å². The van der Waals surface area contributed by atoms with Crippen LogP contribution in [0.25, 0.3) is 22.5 Å². The van der Waals surface area contributed by atoms with Crippen LogP contribution in [0.2, 0.25) is 5.02 Å². The van der Waals surface area contributed by atoms with Gasteiger partial charge in [-0.3, -0.25) is 4.79 Å². The highest BCUT2D eigenvalue weighted by molar-refractivity contribution is 6.30. The van der Waals surface area contributed by atoms with Crippen LogP contribution in [-0.2, 0) is 4.79 Å². The van der Waals surface area contributed by atoms with Crippen molar-refractivity contribution in [1.29, 1.82) is 0 Å². The van der Waals surface area contributed by atoms with E-state index in [9.17, 15) is 4.79 Å². The Kier molecular flexibility index (Phi) is 6.50. The van der Waals surface area contributed by atoms with Crippen molar-refractivity contribution < 1.29 is 14.3 Å². The summed E-state index contributed by atoms with van der Waals surface area (Å²) in [7, 11) is 0. The van der Waals surface area contributed by atoms with Gasteiger partial charge in [-0.05, 0) is 56.3 Å². The molecule has 5 rings (SSSR count). The highest BCUT2D eigenvalue weighted by Crippen LogP contribution is 2.25. The molecule has 0 bridgehead atoms. The van der Waals surface area contributed by atoms with E-state index in [2.05, 4.69) is 25.5 Å². The highest BCUT2D eigenvalue weighted by Gasteiger charge is 2.18. The predicted molar refractivity (Wildman–Crippen MR) is 135 cm³/mol. The fraction of sp³-hybridized carbons (Fsp3) is 0.160. The zero-order chi connectivity index (χ0) is 25.1. The average molecular weight is 504 g/mol. The van der Waals surface area contributed by atoms with Crippen molar-refractivity contribution >= 4 is 34.4 Å². The summed E-state index contributed by atoms with van der Waals surface area (Å²) in [6.07, 6.45) is 3.08. The number of nitrogens with one attached hydrogen (secondary N) is 1. The molecule has 0 radical (unpaired) electrons. The summed E-state index contributed by atoms with van der Waals surface area (Å²) in [5, 5.41) is 13.1. The van der Waals surface area contributed by atoms with Gasteiger partial charge in [0.2, 0.25) is 0 Å². The Morgan fingerprint density at radius 2 is 1.81 bits per heavy atom. The lowest BCUT2D eigenvalue weighted by atomic mass is 10.3. The monoisotopic (exact) mass is 503 g/mol. The van der Waals surface area contributed by atoms with Gasteiger partial charge >= 0.3 is 0 Å². The van der Waals surface area contributed by atoms with Gasteiger partial charge in [0, 0.05) is 11.1 Å². The summed E-state index contributed by atoms with van der Waals surface area (Å²) in [6, 6.07) is 16.1. The number of hydrogen-bond acceptors (Lipinski definition) is 7. The molecular weight excluding hydrogens is 482 g/mol. The molecule has 0 spiro atoms. The molecule has 36 heavy (non-hydrogen) atoms. The molecular formula is C25H22ClN7O3. The average Bonchev–Trinajstić information content (AvgIpc) is 3.47. The van der Waals surface area contributed by atoms with Crippen LogP contribution in [0.4, 0.5) is 5.82 Å². The number of aryl methyl sites for hydroxylation is 1. The fourth-order valence-corrected chi connectivity index (χ4v) is 3.86. The van der Waals surface area contributed by atoms with Gasteiger partial charge in [-0.2, -0.15) is 14.9 Å². The molecule has 0 atom stereocenters. The van der Waals surface area contributed by atoms with Crippen molar-refractivity contribution in [2.75, 3.05) is 18.5 Å². The van der Waals surface area contributed by atoms with Crippen LogP contribution in [0.1, 0.15) is 12.6 Å². The maximum atomic E-state index is 12.7. The van der Waals surface area contributed by atoms with Crippen molar-refractivity contribution in [1.82, 2.24) is 29.5 Å². The molecule has 0 unspecified atom stereocenters. The Labute approximate surface area is 211 Å². The summed E-state index contributed by atoms with van der Waals surface area (Å²) in [5.41, 5.74) is 2.04. The molecule has 5 aromatic rings. The molecule has 1 N–H and O–H groups in total. The van der Waals surface area contributed by atoms with E-state index in [1.807, 2.05) is 26.0 Å². The number of nitrogens with zero attached hydrogens (tertiary/aromatic N) is 6. The van der Waals surface area contributed by atoms with Crippen molar-refractivity contribution in [3.63, 3.8) is 0 Å². The first-order valence-electron chi connectivity index (χ1n) is 11.2. The summed E-state index contributed by atoms with van der Waals surface area (Å²) < 4.78 is 14.3. The molecule has 0 aliphatic carbocycles. The fourth-order valence-electron chi connectivity index (χ4n) is 3.67. The van der Waals surface area contributed by atoms with E-state index in [0.717, 1.165) is 11.4 Å². The van der Waals surface area contributed by atoms with Gasteiger partial charge in [-0.1, -0.05) is 17.7 Å². The van der Waals surface area contributed by atoms with E-state index in [1.165, 1.54) is 6.33 Å². The molecule has 3 aromatic heterocycles. The molecule has 3 heterocycles. The number of hydrogen-bond donors (Lipinski definition) is 1. The molecule has 1 amide bonds. The van der Waals surface area contributed by atoms with Crippen molar-refractivity contribution in [2.24, 2.45) is 0 Å². The molecule has 0 aliphatic heterocycles. The number of rotatable bonds is 8. The molecule has 0 fully saturated rings. The second kappa shape index (κ2) is 10.0. The van der Waals surface area contributed by atoms with Crippen LogP contribution >= 0.6 is 11.6 Å². The first-order valence-corrected chi connectivity index (χ1v) is 11.6. The quantitative estimate of drug-likeness (QED) is 0.334. The van der Waals surface area contributed by atoms with Crippen molar-refractivity contribution in [3.05, 3.63) is 77.8 Å². The second-order valence-electron chi connectivity index (χ2n) is 7.79. The minimum atomic E-state index is -0.343.